The van der Waals surface area contributed by atoms with Crippen molar-refractivity contribution in [1.29, 1.82) is 0 Å². The smallest absolute Gasteiger partial charge is 0.322 e. The van der Waals surface area contributed by atoms with E-state index in [9.17, 15) is 9.59 Å². The van der Waals surface area contributed by atoms with Crippen LogP contribution < -0.4 is 10.6 Å². The third kappa shape index (κ3) is 6.28. The van der Waals surface area contributed by atoms with Crippen molar-refractivity contribution in [1.82, 2.24) is 15.2 Å². The molecular weight excluding hydrogens is 408 g/mol. The van der Waals surface area contributed by atoms with Crippen LogP contribution in [0.3, 0.4) is 0 Å². The van der Waals surface area contributed by atoms with Gasteiger partial charge in [-0.1, -0.05) is 63.1 Å². The van der Waals surface area contributed by atoms with E-state index in [4.69, 9.17) is 0 Å². The maximum Gasteiger partial charge on any atom is 0.322 e. The second kappa shape index (κ2) is 11.5. The summed E-state index contributed by atoms with van der Waals surface area (Å²) >= 11 is 1.41. The molecule has 7 heteroatoms. The first-order chi connectivity index (χ1) is 15.1. The van der Waals surface area contributed by atoms with Crippen LogP contribution in [0.4, 0.5) is 10.5 Å². The summed E-state index contributed by atoms with van der Waals surface area (Å²) in [6.07, 6.45) is 3.86. The minimum Gasteiger partial charge on any atom is -0.351 e. The number of urea groups is 1. The second-order valence-electron chi connectivity index (χ2n) is 7.47. The molecule has 0 aliphatic carbocycles. The molecule has 0 spiro atoms. The average Bonchev–Trinajstić information content (AvgIpc) is 3.25. The Morgan fingerprint density at radius 2 is 1.81 bits per heavy atom. The van der Waals surface area contributed by atoms with Crippen LogP contribution >= 0.6 is 11.3 Å². The van der Waals surface area contributed by atoms with Gasteiger partial charge in [-0.2, -0.15) is 0 Å². The van der Waals surface area contributed by atoms with Crippen molar-refractivity contribution >= 4 is 39.7 Å². The number of unbranched alkanes of at least 4 members (excludes halogenated alkanes) is 2. The lowest BCUT2D eigenvalue weighted by atomic mass is 10.1. The molecule has 164 valence electrons. The first-order valence-corrected chi connectivity index (χ1v) is 11.8. The van der Waals surface area contributed by atoms with Gasteiger partial charge in [0.1, 0.15) is 10.7 Å². The molecule has 3 aromatic rings. The molecule has 0 radical (unpaired) electrons. The lowest BCUT2D eigenvalue weighted by Crippen LogP contribution is -2.35. The van der Waals surface area contributed by atoms with Crippen LogP contribution in [-0.2, 0) is 6.54 Å². The molecule has 3 amide bonds. The molecular formula is C24H30N4O2S. The maximum absolute atomic E-state index is 13.1. The third-order valence-corrected chi connectivity index (χ3v) is 5.86. The predicted molar refractivity (Wildman–Crippen MR) is 128 cm³/mol. The number of nitrogens with one attached hydrogen (secondary N) is 2. The van der Waals surface area contributed by atoms with Crippen LogP contribution in [0.5, 0.6) is 0 Å². The number of anilines is 1. The first-order valence-electron chi connectivity index (χ1n) is 10.9. The van der Waals surface area contributed by atoms with Gasteiger partial charge in [0.05, 0.1) is 12.2 Å². The topological polar surface area (TPSA) is 74.3 Å². The molecule has 6 nitrogen and oxygen atoms in total. The van der Waals surface area contributed by atoms with Crippen molar-refractivity contribution in [3.05, 3.63) is 58.5 Å². The summed E-state index contributed by atoms with van der Waals surface area (Å²) in [6, 6.07) is 13.7. The van der Waals surface area contributed by atoms with Crippen LogP contribution in [0, 0.1) is 0 Å². The molecule has 0 saturated carbocycles. The van der Waals surface area contributed by atoms with Gasteiger partial charge in [-0.3, -0.25) is 4.79 Å². The highest BCUT2D eigenvalue weighted by Gasteiger charge is 2.18. The van der Waals surface area contributed by atoms with Crippen LogP contribution in [-0.4, -0.2) is 34.9 Å². The highest BCUT2D eigenvalue weighted by Crippen LogP contribution is 2.24. The molecule has 0 saturated heterocycles. The van der Waals surface area contributed by atoms with E-state index in [1.165, 1.54) is 11.3 Å². The van der Waals surface area contributed by atoms with Gasteiger partial charge in [0.25, 0.3) is 5.91 Å². The van der Waals surface area contributed by atoms with E-state index in [0.29, 0.717) is 25.3 Å². The Labute approximate surface area is 187 Å². The molecule has 2 N–H and O–H groups in total. The van der Waals surface area contributed by atoms with Crippen LogP contribution in [0.15, 0.2) is 47.8 Å². The molecule has 0 atom stereocenters. The summed E-state index contributed by atoms with van der Waals surface area (Å²) in [6.45, 7) is 5.84. The largest absolute Gasteiger partial charge is 0.351 e. The standard InChI is InChI=1S/C24H30N4O2S/c1-3-5-14-25-23(29)21-17-31-22(26-21)16-28(15-6-4-2)24(30)27-20-13-9-11-18-10-7-8-12-19(18)20/h7-13,17H,3-6,14-16H2,1-2H3,(H,25,29)(H,27,30). The number of hydrogen-bond donors (Lipinski definition) is 2. The molecule has 0 fully saturated rings. The normalized spacial score (nSPS) is 10.8. The van der Waals surface area contributed by atoms with Crippen molar-refractivity contribution in [3.8, 4) is 0 Å². The molecule has 0 aliphatic heterocycles. The number of carbonyl (C=O) groups is 2. The van der Waals surface area contributed by atoms with Gasteiger partial charge in [-0.05, 0) is 24.3 Å². The lowest BCUT2D eigenvalue weighted by Gasteiger charge is -2.22. The third-order valence-electron chi connectivity index (χ3n) is 5.03. The van der Waals surface area contributed by atoms with E-state index >= 15 is 0 Å². The molecule has 1 aromatic heterocycles. The van der Waals surface area contributed by atoms with Gasteiger partial charge >= 0.3 is 6.03 Å². The van der Waals surface area contributed by atoms with Gasteiger partial charge in [0.15, 0.2) is 0 Å². The molecule has 0 unspecified atom stereocenters. The molecule has 3 rings (SSSR count). The number of amides is 3. The highest BCUT2D eigenvalue weighted by atomic mass is 32.1. The lowest BCUT2D eigenvalue weighted by molar-refractivity contribution is 0.0948. The summed E-state index contributed by atoms with van der Waals surface area (Å²) < 4.78 is 0. The number of aromatic nitrogens is 1. The van der Waals surface area contributed by atoms with E-state index in [1.807, 2.05) is 42.5 Å². The van der Waals surface area contributed by atoms with Crippen LogP contribution in [0.2, 0.25) is 0 Å². The Balaban J connectivity index is 1.70. The number of benzene rings is 2. The molecule has 0 aliphatic rings. The fourth-order valence-corrected chi connectivity index (χ4v) is 4.04. The number of thiazole rings is 1. The molecule has 0 bridgehead atoms. The van der Waals surface area contributed by atoms with Crippen LogP contribution in [0.1, 0.15) is 55.0 Å². The maximum atomic E-state index is 13.1. The van der Waals surface area contributed by atoms with E-state index in [-0.39, 0.29) is 11.9 Å². The van der Waals surface area contributed by atoms with Gasteiger partial charge in [0.2, 0.25) is 0 Å². The Kier molecular flexibility index (Phi) is 8.41. The Bertz CT molecular complexity index is 1010. The van der Waals surface area contributed by atoms with Crippen molar-refractivity contribution < 1.29 is 9.59 Å². The zero-order chi connectivity index (χ0) is 22.1. The minimum atomic E-state index is -0.158. The van der Waals surface area contributed by atoms with Crippen molar-refractivity contribution in [2.75, 3.05) is 18.4 Å². The number of fused-ring (bicyclic) bond motifs is 1. The van der Waals surface area contributed by atoms with Crippen LogP contribution in [0.25, 0.3) is 10.8 Å². The fraction of sp³-hybridized carbons (Fsp3) is 0.375. The minimum absolute atomic E-state index is 0.156. The van der Waals surface area contributed by atoms with Gasteiger partial charge < -0.3 is 15.5 Å². The van der Waals surface area contributed by atoms with Gasteiger partial charge in [-0.15, -0.1) is 11.3 Å². The van der Waals surface area contributed by atoms with E-state index in [2.05, 4.69) is 29.5 Å². The number of nitrogens with zero attached hydrogens (tertiary/aromatic N) is 2. The first kappa shape index (κ1) is 22.7. The summed E-state index contributed by atoms with van der Waals surface area (Å²) in [7, 11) is 0. The van der Waals surface area contributed by atoms with Crippen molar-refractivity contribution in [2.24, 2.45) is 0 Å². The van der Waals surface area contributed by atoms with E-state index < -0.39 is 0 Å². The zero-order valence-corrected chi connectivity index (χ0v) is 19.0. The Hall–Kier alpha value is -2.93. The van der Waals surface area contributed by atoms with Gasteiger partial charge in [0, 0.05) is 23.9 Å². The quantitative estimate of drug-likeness (QED) is 0.401. The Morgan fingerprint density at radius 3 is 2.61 bits per heavy atom. The SMILES string of the molecule is CCCCNC(=O)c1csc(CN(CCCC)C(=O)Nc2cccc3ccccc23)n1. The summed E-state index contributed by atoms with van der Waals surface area (Å²) in [5.41, 5.74) is 1.21. The molecule has 2 aromatic carbocycles. The van der Waals surface area contributed by atoms with Crippen molar-refractivity contribution in [2.45, 2.75) is 46.1 Å². The summed E-state index contributed by atoms with van der Waals surface area (Å²) in [5.74, 6) is -0.156. The second-order valence-corrected chi connectivity index (χ2v) is 8.41. The van der Waals surface area contributed by atoms with E-state index in [0.717, 1.165) is 47.2 Å². The average molecular weight is 439 g/mol. The molecule has 1 heterocycles. The number of carbonyl (C=O) groups excluding carboxylic acids is 2. The van der Waals surface area contributed by atoms with Gasteiger partial charge in [-0.25, -0.2) is 9.78 Å². The number of rotatable bonds is 10. The fourth-order valence-electron chi connectivity index (χ4n) is 3.25. The monoisotopic (exact) mass is 438 g/mol. The highest BCUT2D eigenvalue weighted by molar-refractivity contribution is 7.09. The number of hydrogen-bond acceptors (Lipinski definition) is 4. The molecule has 31 heavy (non-hydrogen) atoms. The zero-order valence-electron chi connectivity index (χ0n) is 18.2. The predicted octanol–water partition coefficient (Wildman–Crippen LogP) is 5.66. The van der Waals surface area contributed by atoms with E-state index in [1.54, 1.807) is 10.3 Å². The van der Waals surface area contributed by atoms with Crippen molar-refractivity contribution in [3.63, 3.8) is 0 Å². The Morgan fingerprint density at radius 1 is 1.03 bits per heavy atom. The summed E-state index contributed by atoms with van der Waals surface area (Å²) in [5, 5.41) is 10.6. The summed E-state index contributed by atoms with van der Waals surface area (Å²) in [4.78, 5) is 31.6.